The lowest BCUT2D eigenvalue weighted by Gasteiger charge is -2.04. The summed E-state index contributed by atoms with van der Waals surface area (Å²) in [6.45, 7) is 1.51. The fourth-order valence-electron chi connectivity index (χ4n) is 2.82. The number of nitrogens with zero attached hydrogens (tertiary/aromatic N) is 2. The smallest absolute Gasteiger partial charge is 0.234 e. The van der Waals surface area contributed by atoms with E-state index in [0.717, 1.165) is 18.7 Å². The van der Waals surface area contributed by atoms with Gasteiger partial charge in [0.15, 0.2) is 5.78 Å². The minimum absolute atomic E-state index is 0.00565. The number of Topliss-reactive ketones (excluding diaryl/α,β-unsaturated/α-hetero) is 1. The van der Waals surface area contributed by atoms with E-state index in [0.29, 0.717) is 22.3 Å². The third-order valence-corrected chi connectivity index (χ3v) is 4.98. The normalized spacial score (nSPS) is 14.7. The van der Waals surface area contributed by atoms with Crippen molar-refractivity contribution in [3.63, 3.8) is 0 Å². The van der Waals surface area contributed by atoms with Crippen LogP contribution in [0.5, 0.6) is 0 Å². The van der Waals surface area contributed by atoms with Crippen LogP contribution in [0.1, 0.15) is 54.7 Å². The molecule has 0 bridgehead atoms. The molecule has 3 rings (SSSR count). The number of benzene rings is 1. The van der Waals surface area contributed by atoms with Crippen LogP contribution in [-0.4, -0.2) is 32.6 Å². The van der Waals surface area contributed by atoms with E-state index in [2.05, 4.69) is 20.5 Å². The Morgan fingerprint density at radius 1 is 1.25 bits per heavy atom. The number of carbonyl (C=O) groups excluding carboxylic acids is 2. The van der Waals surface area contributed by atoms with Crippen LogP contribution in [0.3, 0.4) is 0 Å². The molecule has 1 fully saturated rings. The summed E-state index contributed by atoms with van der Waals surface area (Å²) in [4.78, 5) is 27.7. The van der Waals surface area contributed by atoms with Crippen molar-refractivity contribution in [2.45, 2.75) is 43.7 Å². The molecule has 1 amide bonds. The van der Waals surface area contributed by atoms with Crippen LogP contribution in [-0.2, 0) is 4.79 Å². The largest absolute Gasteiger partial charge is 0.325 e. The maximum absolute atomic E-state index is 12.0. The molecule has 1 aromatic carbocycles. The summed E-state index contributed by atoms with van der Waals surface area (Å²) in [5, 5.41) is 10.6. The van der Waals surface area contributed by atoms with Crippen molar-refractivity contribution in [1.82, 2.24) is 15.2 Å². The number of rotatable bonds is 6. The van der Waals surface area contributed by atoms with Gasteiger partial charge in [-0.05, 0) is 44.0 Å². The van der Waals surface area contributed by atoms with Crippen LogP contribution >= 0.6 is 11.8 Å². The first kappa shape index (κ1) is 16.7. The van der Waals surface area contributed by atoms with Crippen LogP contribution in [0.15, 0.2) is 29.4 Å². The van der Waals surface area contributed by atoms with Crippen LogP contribution in [0, 0.1) is 0 Å². The summed E-state index contributed by atoms with van der Waals surface area (Å²) in [7, 11) is 0. The van der Waals surface area contributed by atoms with Crippen LogP contribution < -0.4 is 5.32 Å². The van der Waals surface area contributed by atoms with E-state index in [-0.39, 0.29) is 17.4 Å². The number of aromatic nitrogens is 3. The number of H-pyrrole nitrogens is 1. The van der Waals surface area contributed by atoms with Crippen molar-refractivity contribution >= 4 is 29.1 Å². The van der Waals surface area contributed by atoms with E-state index >= 15 is 0 Å². The number of anilines is 1. The molecule has 0 atom stereocenters. The van der Waals surface area contributed by atoms with Crippen molar-refractivity contribution < 1.29 is 9.59 Å². The molecule has 0 unspecified atom stereocenters. The molecule has 1 aliphatic carbocycles. The van der Waals surface area contributed by atoms with Crippen LogP contribution in [0.25, 0.3) is 0 Å². The molecule has 1 aliphatic rings. The predicted octanol–water partition coefficient (Wildman–Crippen LogP) is 3.40. The van der Waals surface area contributed by atoms with Gasteiger partial charge in [-0.15, -0.1) is 5.10 Å². The molecule has 0 radical (unpaired) electrons. The van der Waals surface area contributed by atoms with Crippen LogP contribution in [0.2, 0.25) is 0 Å². The fraction of sp³-hybridized carbons (Fsp3) is 0.412. The quantitative estimate of drug-likeness (QED) is 0.619. The zero-order valence-corrected chi connectivity index (χ0v) is 14.4. The molecular weight excluding hydrogens is 324 g/mol. The zero-order chi connectivity index (χ0) is 16.9. The first-order chi connectivity index (χ1) is 11.6. The lowest BCUT2D eigenvalue weighted by molar-refractivity contribution is -0.113. The van der Waals surface area contributed by atoms with Crippen molar-refractivity contribution in [3.8, 4) is 0 Å². The van der Waals surface area contributed by atoms with E-state index in [4.69, 9.17) is 0 Å². The lowest BCUT2D eigenvalue weighted by Crippen LogP contribution is -2.14. The lowest BCUT2D eigenvalue weighted by atomic mass is 10.1. The second-order valence-electron chi connectivity index (χ2n) is 5.95. The topological polar surface area (TPSA) is 87.7 Å². The highest BCUT2D eigenvalue weighted by atomic mass is 32.2. The molecule has 0 spiro atoms. The Morgan fingerprint density at radius 2 is 1.96 bits per heavy atom. The molecule has 7 heteroatoms. The minimum atomic E-state index is -0.122. The van der Waals surface area contributed by atoms with Gasteiger partial charge in [0.05, 0.1) is 5.75 Å². The van der Waals surface area contributed by atoms with Gasteiger partial charge >= 0.3 is 0 Å². The summed E-state index contributed by atoms with van der Waals surface area (Å²) < 4.78 is 0. The van der Waals surface area contributed by atoms with Gasteiger partial charge in [0.1, 0.15) is 5.82 Å². The molecule has 6 nitrogen and oxygen atoms in total. The number of thioether (sulfide) groups is 1. The Kier molecular flexibility index (Phi) is 5.30. The molecule has 2 aromatic rings. The summed E-state index contributed by atoms with van der Waals surface area (Å²) in [6, 6.07) is 6.86. The monoisotopic (exact) mass is 344 g/mol. The van der Waals surface area contributed by atoms with Gasteiger partial charge in [0.2, 0.25) is 11.1 Å². The highest BCUT2D eigenvalue weighted by Gasteiger charge is 2.20. The summed E-state index contributed by atoms with van der Waals surface area (Å²) in [6.07, 6.45) is 4.82. The molecule has 1 heterocycles. The average Bonchev–Trinajstić information content (AvgIpc) is 3.25. The molecule has 24 heavy (non-hydrogen) atoms. The fourth-order valence-corrected chi connectivity index (χ4v) is 3.43. The van der Waals surface area contributed by atoms with Gasteiger partial charge in [-0.25, -0.2) is 4.98 Å². The molecule has 126 valence electrons. The summed E-state index contributed by atoms with van der Waals surface area (Å²) >= 11 is 1.32. The number of amides is 1. The SMILES string of the molecule is CC(=O)c1ccc(NC(=O)CSc2n[nH]c(C3CCCC3)n2)cc1. The van der Waals surface area contributed by atoms with Gasteiger partial charge in [-0.1, -0.05) is 24.6 Å². The zero-order valence-electron chi connectivity index (χ0n) is 13.5. The van der Waals surface area contributed by atoms with Gasteiger partial charge in [0, 0.05) is 17.2 Å². The molecule has 2 N–H and O–H groups in total. The third kappa shape index (κ3) is 4.23. The van der Waals surface area contributed by atoms with E-state index in [1.54, 1.807) is 24.3 Å². The second-order valence-corrected chi connectivity index (χ2v) is 6.90. The standard InChI is InChI=1S/C17H20N4O2S/c1-11(22)12-6-8-14(9-7-12)18-15(23)10-24-17-19-16(20-21-17)13-4-2-3-5-13/h6-9,13H,2-5,10H2,1H3,(H,18,23)(H,19,20,21). The first-order valence-corrected chi connectivity index (χ1v) is 9.06. The number of hydrogen-bond acceptors (Lipinski definition) is 5. The van der Waals surface area contributed by atoms with Gasteiger partial charge < -0.3 is 5.32 Å². The average molecular weight is 344 g/mol. The van der Waals surface area contributed by atoms with Gasteiger partial charge in [-0.2, -0.15) is 0 Å². The van der Waals surface area contributed by atoms with Gasteiger partial charge in [0.25, 0.3) is 0 Å². The van der Waals surface area contributed by atoms with E-state index in [1.165, 1.54) is 31.5 Å². The van der Waals surface area contributed by atoms with Gasteiger partial charge in [-0.3, -0.25) is 14.7 Å². The first-order valence-electron chi connectivity index (χ1n) is 8.08. The number of carbonyl (C=O) groups is 2. The molecule has 1 saturated carbocycles. The van der Waals surface area contributed by atoms with E-state index in [9.17, 15) is 9.59 Å². The van der Waals surface area contributed by atoms with E-state index < -0.39 is 0 Å². The number of nitrogens with one attached hydrogen (secondary N) is 2. The Balaban J connectivity index is 1.49. The van der Waals surface area contributed by atoms with Crippen molar-refractivity contribution in [2.75, 3.05) is 11.1 Å². The molecular formula is C17H20N4O2S. The summed E-state index contributed by atoms with van der Waals surface area (Å²) in [5.74, 6) is 1.56. The number of ketones is 1. The Labute approximate surface area is 144 Å². The molecule has 0 aliphatic heterocycles. The minimum Gasteiger partial charge on any atom is -0.325 e. The molecule has 1 aromatic heterocycles. The maximum atomic E-state index is 12.0. The molecule has 0 saturated heterocycles. The van der Waals surface area contributed by atoms with Crippen LogP contribution in [0.4, 0.5) is 5.69 Å². The van der Waals surface area contributed by atoms with Crippen molar-refractivity contribution in [1.29, 1.82) is 0 Å². The highest BCUT2D eigenvalue weighted by molar-refractivity contribution is 7.99. The summed E-state index contributed by atoms with van der Waals surface area (Å²) in [5.41, 5.74) is 1.30. The highest BCUT2D eigenvalue weighted by Crippen LogP contribution is 2.32. The Hall–Kier alpha value is -2.15. The number of hydrogen-bond donors (Lipinski definition) is 2. The maximum Gasteiger partial charge on any atom is 0.234 e. The van der Waals surface area contributed by atoms with Crippen molar-refractivity contribution in [3.05, 3.63) is 35.7 Å². The predicted molar refractivity (Wildman–Crippen MR) is 93.4 cm³/mol. The number of aromatic amines is 1. The Morgan fingerprint density at radius 3 is 2.62 bits per heavy atom. The van der Waals surface area contributed by atoms with E-state index in [1.807, 2.05) is 0 Å². The Bertz CT molecular complexity index is 720. The third-order valence-electron chi connectivity index (χ3n) is 4.13. The second kappa shape index (κ2) is 7.61. The van der Waals surface area contributed by atoms with Crippen molar-refractivity contribution in [2.24, 2.45) is 0 Å².